The lowest BCUT2D eigenvalue weighted by molar-refractivity contribution is 0.0697. The first-order valence-electron chi connectivity index (χ1n) is 6.04. The average Bonchev–Trinajstić information content (AvgIpc) is 2.79. The number of methoxy groups -OCH3 is 1. The lowest BCUT2D eigenvalue weighted by Crippen LogP contribution is -2.00. The van der Waals surface area contributed by atoms with Gasteiger partial charge in [-0.2, -0.15) is 5.10 Å². The SMILES string of the molecule is CCc1ccc(OC)c(-c2n[nH]c(C)c2C(=O)O)c1. The minimum Gasteiger partial charge on any atom is -0.496 e. The number of carboxylic acids is 1. The summed E-state index contributed by atoms with van der Waals surface area (Å²) in [6.07, 6.45) is 0.864. The van der Waals surface area contributed by atoms with Crippen LogP contribution in [-0.2, 0) is 6.42 Å². The van der Waals surface area contributed by atoms with Gasteiger partial charge in [0, 0.05) is 11.3 Å². The third-order valence-electron chi connectivity index (χ3n) is 3.09. The lowest BCUT2D eigenvalue weighted by Gasteiger charge is -2.09. The van der Waals surface area contributed by atoms with Crippen LogP contribution < -0.4 is 4.74 Å². The Morgan fingerprint density at radius 3 is 2.79 bits per heavy atom. The highest BCUT2D eigenvalue weighted by molar-refractivity contribution is 5.96. The molecule has 100 valence electrons. The molecule has 5 heteroatoms. The van der Waals surface area contributed by atoms with Crippen molar-refractivity contribution in [1.29, 1.82) is 0 Å². The maximum absolute atomic E-state index is 11.3. The monoisotopic (exact) mass is 260 g/mol. The number of benzene rings is 1. The highest BCUT2D eigenvalue weighted by atomic mass is 16.5. The number of carboxylic acid groups (broad SMARTS) is 1. The zero-order chi connectivity index (χ0) is 14.0. The van der Waals surface area contributed by atoms with Crippen LogP contribution in [0.3, 0.4) is 0 Å². The van der Waals surface area contributed by atoms with E-state index in [1.807, 2.05) is 25.1 Å². The van der Waals surface area contributed by atoms with Crippen LogP contribution >= 0.6 is 0 Å². The van der Waals surface area contributed by atoms with Crippen molar-refractivity contribution in [2.45, 2.75) is 20.3 Å². The van der Waals surface area contributed by atoms with Crippen molar-refractivity contribution in [3.8, 4) is 17.0 Å². The third-order valence-corrected chi connectivity index (χ3v) is 3.09. The van der Waals surface area contributed by atoms with E-state index in [9.17, 15) is 9.90 Å². The van der Waals surface area contributed by atoms with Crippen LogP contribution in [0.4, 0.5) is 0 Å². The average molecular weight is 260 g/mol. The lowest BCUT2D eigenvalue weighted by atomic mass is 10.0. The summed E-state index contributed by atoms with van der Waals surface area (Å²) in [5.41, 5.74) is 2.94. The van der Waals surface area contributed by atoms with Crippen LogP contribution in [-0.4, -0.2) is 28.4 Å². The largest absolute Gasteiger partial charge is 0.496 e. The molecule has 0 atom stereocenters. The molecule has 1 heterocycles. The number of H-pyrrole nitrogens is 1. The maximum atomic E-state index is 11.3. The molecule has 0 unspecified atom stereocenters. The van der Waals surface area contributed by atoms with E-state index in [2.05, 4.69) is 10.2 Å². The fourth-order valence-electron chi connectivity index (χ4n) is 2.05. The molecule has 2 aromatic rings. The van der Waals surface area contributed by atoms with E-state index in [1.165, 1.54) is 0 Å². The van der Waals surface area contributed by atoms with Crippen molar-refractivity contribution in [3.05, 3.63) is 35.0 Å². The number of aromatic nitrogens is 2. The molecular formula is C14H16N2O3. The van der Waals surface area contributed by atoms with Crippen LogP contribution in [0.5, 0.6) is 5.75 Å². The number of aromatic carboxylic acids is 1. The predicted octanol–water partition coefficient (Wildman–Crippen LogP) is 2.65. The van der Waals surface area contributed by atoms with Crippen molar-refractivity contribution in [1.82, 2.24) is 10.2 Å². The van der Waals surface area contributed by atoms with Crippen molar-refractivity contribution in [3.63, 3.8) is 0 Å². The Balaban J connectivity index is 2.67. The summed E-state index contributed by atoms with van der Waals surface area (Å²) in [5, 5.41) is 16.1. The van der Waals surface area contributed by atoms with Crippen molar-refractivity contribution >= 4 is 5.97 Å². The molecule has 5 nitrogen and oxygen atoms in total. The van der Waals surface area contributed by atoms with Gasteiger partial charge in [0.2, 0.25) is 0 Å². The number of ether oxygens (including phenoxy) is 1. The summed E-state index contributed by atoms with van der Waals surface area (Å²) in [5.74, 6) is -0.378. The fourth-order valence-corrected chi connectivity index (χ4v) is 2.05. The van der Waals surface area contributed by atoms with E-state index in [4.69, 9.17) is 4.74 Å². The smallest absolute Gasteiger partial charge is 0.339 e. The molecule has 1 aromatic heterocycles. The molecule has 1 aromatic carbocycles. The number of aromatic amines is 1. The standard InChI is InChI=1S/C14H16N2O3/c1-4-9-5-6-11(19-3)10(7-9)13-12(14(17)18)8(2)15-16-13/h5-7H,4H2,1-3H3,(H,15,16)(H,17,18). The normalized spacial score (nSPS) is 10.5. The molecular weight excluding hydrogens is 244 g/mol. The number of nitrogens with zero attached hydrogens (tertiary/aromatic N) is 1. The van der Waals surface area contributed by atoms with Crippen LogP contribution in [0.25, 0.3) is 11.3 Å². The van der Waals surface area contributed by atoms with Crippen molar-refractivity contribution in [2.24, 2.45) is 0 Å². The molecule has 2 N–H and O–H groups in total. The Morgan fingerprint density at radius 2 is 2.21 bits per heavy atom. The van der Waals surface area contributed by atoms with Gasteiger partial charge in [-0.25, -0.2) is 4.79 Å². The molecule has 0 aliphatic rings. The molecule has 0 bridgehead atoms. The van der Waals surface area contributed by atoms with Crippen LogP contribution in [0.15, 0.2) is 18.2 Å². The number of carbonyl (C=O) groups is 1. The molecule has 0 saturated heterocycles. The van der Waals surface area contributed by atoms with E-state index in [-0.39, 0.29) is 5.56 Å². The van der Waals surface area contributed by atoms with E-state index < -0.39 is 5.97 Å². The molecule has 0 fully saturated rings. The van der Waals surface area contributed by atoms with Gasteiger partial charge in [-0.05, 0) is 31.0 Å². The van der Waals surface area contributed by atoms with Gasteiger partial charge in [0.25, 0.3) is 0 Å². The summed E-state index contributed by atoms with van der Waals surface area (Å²) < 4.78 is 5.30. The van der Waals surface area contributed by atoms with Gasteiger partial charge in [-0.3, -0.25) is 5.10 Å². The number of nitrogens with one attached hydrogen (secondary N) is 1. The highest BCUT2D eigenvalue weighted by Gasteiger charge is 2.21. The second-order valence-corrected chi connectivity index (χ2v) is 4.27. The molecule has 0 aliphatic heterocycles. The Kier molecular flexibility index (Phi) is 3.55. The van der Waals surface area contributed by atoms with E-state index in [1.54, 1.807) is 14.0 Å². The second-order valence-electron chi connectivity index (χ2n) is 4.27. The first-order valence-corrected chi connectivity index (χ1v) is 6.04. The zero-order valence-electron chi connectivity index (χ0n) is 11.2. The van der Waals surface area contributed by atoms with Gasteiger partial charge >= 0.3 is 5.97 Å². The van der Waals surface area contributed by atoms with Gasteiger partial charge < -0.3 is 9.84 Å². The Morgan fingerprint density at radius 1 is 1.47 bits per heavy atom. The molecule has 0 spiro atoms. The van der Waals surface area contributed by atoms with E-state index in [0.717, 1.165) is 12.0 Å². The van der Waals surface area contributed by atoms with Crippen molar-refractivity contribution < 1.29 is 14.6 Å². The molecule has 0 radical (unpaired) electrons. The minimum absolute atomic E-state index is 0.187. The summed E-state index contributed by atoms with van der Waals surface area (Å²) >= 11 is 0. The van der Waals surface area contributed by atoms with Gasteiger partial charge in [0.05, 0.1) is 7.11 Å². The summed E-state index contributed by atoms with van der Waals surface area (Å²) in [7, 11) is 1.56. The van der Waals surface area contributed by atoms with Gasteiger partial charge in [0.1, 0.15) is 17.0 Å². The number of aryl methyl sites for hydroxylation is 2. The molecule has 19 heavy (non-hydrogen) atoms. The minimum atomic E-state index is -0.995. The third kappa shape index (κ3) is 2.31. The summed E-state index contributed by atoms with van der Waals surface area (Å²) in [6.45, 7) is 3.73. The number of rotatable bonds is 4. The van der Waals surface area contributed by atoms with Crippen LogP contribution in [0, 0.1) is 6.92 Å². The van der Waals surface area contributed by atoms with Gasteiger partial charge in [-0.1, -0.05) is 13.0 Å². The Bertz CT molecular complexity index is 617. The maximum Gasteiger partial charge on any atom is 0.339 e. The quantitative estimate of drug-likeness (QED) is 0.886. The van der Waals surface area contributed by atoms with Gasteiger partial charge in [0.15, 0.2) is 0 Å². The van der Waals surface area contributed by atoms with Crippen molar-refractivity contribution in [2.75, 3.05) is 7.11 Å². The first kappa shape index (κ1) is 13.1. The number of hydrogen-bond donors (Lipinski definition) is 2. The van der Waals surface area contributed by atoms with E-state index >= 15 is 0 Å². The fraction of sp³-hybridized carbons (Fsp3) is 0.286. The first-order chi connectivity index (χ1) is 9.08. The summed E-state index contributed by atoms with van der Waals surface area (Å²) in [6, 6.07) is 5.72. The Hall–Kier alpha value is -2.30. The molecule has 0 aliphatic carbocycles. The summed E-state index contributed by atoms with van der Waals surface area (Å²) in [4.78, 5) is 11.3. The molecule has 2 rings (SSSR count). The van der Waals surface area contributed by atoms with Gasteiger partial charge in [-0.15, -0.1) is 0 Å². The second kappa shape index (κ2) is 5.14. The predicted molar refractivity (Wildman–Crippen MR) is 71.7 cm³/mol. The highest BCUT2D eigenvalue weighted by Crippen LogP contribution is 2.33. The zero-order valence-corrected chi connectivity index (χ0v) is 11.2. The molecule has 0 amide bonds. The van der Waals surface area contributed by atoms with Crippen LogP contribution in [0.2, 0.25) is 0 Å². The topological polar surface area (TPSA) is 75.2 Å². The molecule has 0 saturated carbocycles. The number of hydrogen-bond acceptors (Lipinski definition) is 3. The van der Waals surface area contributed by atoms with Crippen LogP contribution in [0.1, 0.15) is 28.5 Å². The van der Waals surface area contributed by atoms with E-state index in [0.29, 0.717) is 22.7 Å². The Labute approximate surface area is 111 Å².